The zero-order valence-corrected chi connectivity index (χ0v) is 11.7. The summed E-state index contributed by atoms with van der Waals surface area (Å²) in [4.78, 5) is 13.3. The number of amides is 1. The summed E-state index contributed by atoms with van der Waals surface area (Å²) in [5.41, 5.74) is 1.14. The average Bonchev–Trinajstić information content (AvgIpc) is 2.48. The first-order valence-electron chi connectivity index (χ1n) is 7.06. The first kappa shape index (κ1) is 15.9. The highest BCUT2D eigenvalue weighted by atomic mass is 19.3. The molecule has 0 spiro atoms. The average molecular weight is 298 g/mol. The molecule has 4 nitrogen and oxygen atoms in total. The number of nitrogens with one attached hydrogen (secondary N) is 1. The summed E-state index contributed by atoms with van der Waals surface area (Å²) in [6.07, 6.45) is -2.34. The topological polar surface area (TPSA) is 52.6 Å². The molecule has 1 fully saturated rings. The molecule has 0 saturated carbocycles. The number of hydrogen-bond donors (Lipinski definition) is 2. The van der Waals surface area contributed by atoms with Gasteiger partial charge in [-0.1, -0.05) is 30.3 Å². The van der Waals surface area contributed by atoms with Crippen LogP contribution in [-0.2, 0) is 11.3 Å². The molecule has 1 aromatic rings. The number of nitrogens with zero attached hydrogens (tertiary/aromatic N) is 1. The monoisotopic (exact) mass is 298 g/mol. The molecule has 6 heteroatoms. The van der Waals surface area contributed by atoms with E-state index in [0.29, 0.717) is 19.5 Å². The van der Waals surface area contributed by atoms with Crippen molar-refractivity contribution in [3.8, 4) is 0 Å². The molecule has 21 heavy (non-hydrogen) atoms. The number of piperidine rings is 1. The molecule has 2 unspecified atom stereocenters. The molecule has 1 aromatic carbocycles. The van der Waals surface area contributed by atoms with Crippen LogP contribution in [0.25, 0.3) is 0 Å². The van der Waals surface area contributed by atoms with Gasteiger partial charge in [-0.05, 0) is 18.5 Å². The fourth-order valence-corrected chi connectivity index (χ4v) is 2.68. The number of benzene rings is 1. The quantitative estimate of drug-likeness (QED) is 0.860. The van der Waals surface area contributed by atoms with Crippen molar-refractivity contribution in [2.45, 2.75) is 25.4 Å². The second-order valence-electron chi connectivity index (χ2n) is 5.37. The number of halogens is 2. The van der Waals surface area contributed by atoms with E-state index < -0.39 is 18.4 Å². The van der Waals surface area contributed by atoms with Gasteiger partial charge in [-0.3, -0.25) is 9.69 Å². The minimum atomic E-state index is -3.02. The number of hydrogen-bond acceptors (Lipinski definition) is 3. The van der Waals surface area contributed by atoms with Gasteiger partial charge >= 0.3 is 6.43 Å². The maximum absolute atomic E-state index is 12.4. The Morgan fingerprint density at radius 1 is 1.38 bits per heavy atom. The normalized spacial score (nSPS) is 23.2. The smallest absolute Gasteiger partial charge is 0.315 e. The Kier molecular flexibility index (Phi) is 5.64. The molecule has 0 aliphatic carbocycles. The van der Waals surface area contributed by atoms with Crippen LogP contribution >= 0.6 is 0 Å². The summed E-state index contributed by atoms with van der Waals surface area (Å²) >= 11 is 0. The van der Waals surface area contributed by atoms with Gasteiger partial charge in [0, 0.05) is 31.7 Å². The Balaban J connectivity index is 1.96. The SMILES string of the molecule is O=C(NC1CN(Cc2ccccc2)CCC1CO)C(F)F. The van der Waals surface area contributed by atoms with Gasteiger partial charge in [-0.15, -0.1) is 0 Å². The van der Waals surface area contributed by atoms with Crippen molar-refractivity contribution in [2.24, 2.45) is 5.92 Å². The van der Waals surface area contributed by atoms with Crippen molar-refractivity contribution in [3.63, 3.8) is 0 Å². The number of carbonyl (C=O) groups excluding carboxylic acids is 1. The Morgan fingerprint density at radius 3 is 2.71 bits per heavy atom. The Bertz CT molecular complexity index is 456. The first-order chi connectivity index (χ1) is 10.1. The molecule has 2 atom stereocenters. The molecule has 1 aliphatic heterocycles. The van der Waals surface area contributed by atoms with E-state index in [0.717, 1.165) is 12.1 Å². The van der Waals surface area contributed by atoms with Gasteiger partial charge in [-0.2, -0.15) is 8.78 Å². The Morgan fingerprint density at radius 2 is 2.10 bits per heavy atom. The zero-order chi connectivity index (χ0) is 15.2. The van der Waals surface area contributed by atoms with Crippen molar-refractivity contribution in [1.29, 1.82) is 0 Å². The number of aliphatic hydroxyl groups is 1. The maximum Gasteiger partial charge on any atom is 0.315 e. The van der Waals surface area contributed by atoms with Gasteiger partial charge in [0.25, 0.3) is 5.91 Å². The van der Waals surface area contributed by atoms with Crippen LogP contribution in [0.4, 0.5) is 8.78 Å². The number of aliphatic hydroxyl groups excluding tert-OH is 1. The van der Waals surface area contributed by atoms with E-state index in [-0.39, 0.29) is 12.5 Å². The highest BCUT2D eigenvalue weighted by Crippen LogP contribution is 2.19. The van der Waals surface area contributed by atoms with Crippen LogP contribution in [0, 0.1) is 5.92 Å². The molecule has 1 saturated heterocycles. The van der Waals surface area contributed by atoms with Crippen molar-refractivity contribution < 1.29 is 18.7 Å². The van der Waals surface area contributed by atoms with Crippen LogP contribution < -0.4 is 5.32 Å². The summed E-state index contributed by atoms with van der Waals surface area (Å²) in [5, 5.41) is 11.7. The van der Waals surface area contributed by atoms with Gasteiger partial charge in [0.15, 0.2) is 0 Å². The molecule has 1 amide bonds. The van der Waals surface area contributed by atoms with Crippen molar-refractivity contribution >= 4 is 5.91 Å². The van der Waals surface area contributed by atoms with E-state index in [9.17, 15) is 18.7 Å². The largest absolute Gasteiger partial charge is 0.396 e. The predicted octanol–water partition coefficient (Wildman–Crippen LogP) is 1.25. The van der Waals surface area contributed by atoms with Gasteiger partial charge in [0.05, 0.1) is 0 Å². The van der Waals surface area contributed by atoms with Crippen molar-refractivity contribution in [1.82, 2.24) is 10.2 Å². The number of alkyl halides is 2. The fourth-order valence-electron chi connectivity index (χ4n) is 2.68. The zero-order valence-electron chi connectivity index (χ0n) is 11.7. The van der Waals surface area contributed by atoms with Crippen LogP contribution in [0.2, 0.25) is 0 Å². The van der Waals surface area contributed by atoms with Gasteiger partial charge < -0.3 is 10.4 Å². The molecule has 0 bridgehead atoms. The van der Waals surface area contributed by atoms with Crippen molar-refractivity contribution in [3.05, 3.63) is 35.9 Å². The predicted molar refractivity (Wildman–Crippen MR) is 74.8 cm³/mol. The molecule has 1 aliphatic rings. The molecule has 1 heterocycles. The van der Waals surface area contributed by atoms with E-state index in [1.165, 1.54) is 0 Å². The second-order valence-corrected chi connectivity index (χ2v) is 5.37. The molecular weight excluding hydrogens is 278 g/mol. The van der Waals surface area contributed by atoms with Crippen LogP contribution in [0.5, 0.6) is 0 Å². The summed E-state index contributed by atoms with van der Waals surface area (Å²) in [6, 6.07) is 9.41. The minimum Gasteiger partial charge on any atom is -0.396 e. The Hall–Kier alpha value is -1.53. The summed E-state index contributed by atoms with van der Waals surface area (Å²) in [6.45, 7) is 1.85. The molecular formula is C15H20F2N2O2. The van der Waals surface area contributed by atoms with E-state index >= 15 is 0 Å². The Labute approximate surface area is 122 Å². The third-order valence-corrected chi connectivity index (χ3v) is 3.85. The van der Waals surface area contributed by atoms with E-state index in [1.54, 1.807) is 0 Å². The van der Waals surface area contributed by atoms with Gasteiger partial charge in [-0.25, -0.2) is 0 Å². The van der Waals surface area contributed by atoms with Crippen LogP contribution in [-0.4, -0.2) is 48.1 Å². The highest BCUT2D eigenvalue weighted by Gasteiger charge is 2.31. The van der Waals surface area contributed by atoms with Crippen LogP contribution in [0.15, 0.2) is 30.3 Å². The van der Waals surface area contributed by atoms with E-state index in [4.69, 9.17) is 0 Å². The first-order valence-corrected chi connectivity index (χ1v) is 7.06. The third-order valence-electron chi connectivity index (χ3n) is 3.85. The lowest BCUT2D eigenvalue weighted by molar-refractivity contribution is -0.133. The number of rotatable bonds is 5. The van der Waals surface area contributed by atoms with Gasteiger partial charge in [0.2, 0.25) is 0 Å². The fraction of sp³-hybridized carbons (Fsp3) is 0.533. The minimum absolute atomic E-state index is 0.104. The maximum atomic E-state index is 12.4. The van der Waals surface area contributed by atoms with Crippen molar-refractivity contribution in [2.75, 3.05) is 19.7 Å². The second kappa shape index (κ2) is 7.47. The summed E-state index contributed by atoms with van der Waals surface area (Å²) in [5.74, 6) is -1.43. The number of likely N-dealkylation sites (tertiary alicyclic amines) is 1. The summed E-state index contributed by atoms with van der Waals surface area (Å²) in [7, 11) is 0. The van der Waals surface area contributed by atoms with E-state index in [1.807, 2.05) is 30.3 Å². The molecule has 0 aromatic heterocycles. The standard InChI is InChI=1S/C15H20F2N2O2/c16-14(17)15(21)18-13-9-19(7-6-12(13)10-20)8-11-4-2-1-3-5-11/h1-5,12-14,20H,6-10H2,(H,18,21). The lowest BCUT2D eigenvalue weighted by atomic mass is 9.92. The molecule has 2 rings (SSSR count). The molecule has 2 N–H and O–H groups in total. The van der Waals surface area contributed by atoms with Crippen LogP contribution in [0.3, 0.4) is 0 Å². The van der Waals surface area contributed by atoms with E-state index in [2.05, 4.69) is 10.2 Å². The number of carbonyl (C=O) groups is 1. The molecule has 116 valence electrons. The lowest BCUT2D eigenvalue weighted by Crippen LogP contribution is -2.54. The lowest BCUT2D eigenvalue weighted by Gasteiger charge is -2.38. The summed E-state index contributed by atoms with van der Waals surface area (Å²) < 4.78 is 24.7. The van der Waals surface area contributed by atoms with Gasteiger partial charge in [0.1, 0.15) is 0 Å². The van der Waals surface area contributed by atoms with Crippen LogP contribution in [0.1, 0.15) is 12.0 Å². The molecule has 0 radical (unpaired) electrons. The third kappa shape index (κ3) is 4.47. The highest BCUT2D eigenvalue weighted by molar-refractivity contribution is 5.79.